The van der Waals surface area contributed by atoms with Gasteiger partial charge < -0.3 is 4.74 Å². The van der Waals surface area contributed by atoms with Crippen molar-refractivity contribution in [2.45, 2.75) is 20.1 Å². The van der Waals surface area contributed by atoms with Crippen LogP contribution in [0.2, 0.25) is 10.0 Å². The van der Waals surface area contributed by atoms with Crippen molar-refractivity contribution in [2.75, 3.05) is 0 Å². The van der Waals surface area contributed by atoms with E-state index in [1.165, 1.54) is 6.33 Å². The average Bonchev–Trinajstić information content (AvgIpc) is 3.10. The summed E-state index contributed by atoms with van der Waals surface area (Å²) >= 11 is 12.1. The van der Waals surface area contributed by atoms with Crippen LogP contribution in [0.25, 0.3) is 0 Å². The molecule has 1 aromatic heterocycles. The monoisotopic (exact) mass is 374 g/mol. The zero-order chi connectivity index (χ0) is 18.0. The van der Waals surface area contributed by atoms with E-state index in [9.17, 15) is 4.79 Å². The molecule has 0 aliphatic carbocycles. The van der Waals surface area contributed by atoms with Crippen LogP contribution >= 0.6 is 23.2 Å². The number of ketones is 1. The molecule has 0 radical (unpaired) electrons. The van der Waals surface area contributed by atoms with Crippen molar-refractivity contribution >= 4 is 29.0 Å². The van der Waals surface area contributed by atoms with Gasteiger partial charge in [-0.3, -0.25) is 9.36 Å². The molecule has 0 saturated heterocycles. The van der Waals surface area contributed by atoms with Gasteiger partial charge in [-0.25, -0.2) is 4.98 Å². The number of carbonyl (C=O) groups excluding carboxylic acids is 1. The number of aryl methyl sites for hydroxylation is 1. The second-order valence-corrected chi connectivity index (χ2v) is 6.51. The van der Waals surface area contributed by atoms with Gasteiger partial charge in [-0.15, -0.1) is 0 Å². The van der Waals surface area contributed by atoms with Crippen LogP contribution in [0.4, 0.5) is 0 Å². The van der Waals surface area contributed by atoms with Crippen molar-refractivity contribution in [3.8, 4) is 5.75 Å². The summed E-state index contributed by atoms with van der Waals surface area (Å²) in [6, 6.07) is 10.5. The lowest BCUT2D eigenvalue weighted by Gasteiger charge is -2.21. The van der Waals surface area contributed by atoms with Gasteiger partial charge in [0.05, 0.1) is 11.3 Å². The molecule has 0 amide bonds. The van der Waals surface area contributed by atoms with Gasteiger partial charge in [-0.1, -0.05) is 35.3 Å². The second-order valence-electron chi connectivity index (χ2n) is 5.67. The summed E-state index contributed by atoms with van der Waals surface area (Å²) in [6.45, 7) is 3.95. The highest BCUT2D eigenvalue weighted by molar-refractivity contribution is 6.36. The minimum atomic E-state index is -0.915. The molecule has 0 saturated carbocycles. The lowest BCUT2D eigenvalue weighted by Crippen LogP contribution is -2.25. The Morgan fingerprint density at radius 1 is 1.20 bits per heavy atom. The van der Waals surface area contributed by atoms with E-state index >= 15 is 0 Å². The van der Waals surface area contributed by atoms with E-state index in [0.717, 1.165) is 11.1 Å². The molecule has 4 nitrogen and oxygen atoms in total. The summed E-state index contributed by atoms with van der Waals surface area (Å²) in [6.07, 6.45) is 3.90. The van der Waals surface area contributed by atoms with Crippen LogP contribution in [0.1, 0.15) is 27.7 Å². The summed E-state index contributed by atoms with van der Waals surface area (Å²) in [5, 5.41) is 0.753. The Kier molecular flexibility index (Phi) is 5.11. The molecule has 25 heavy (non-hydrogen) atoms. The van der Waals surface area contributed by atoms with Gasteiger partial charge >= 0.3 is 0 Å². The highest BCUT2D eigenvalue weighted by Crippen LogP contribution is 2.29. The van der Waals surface area contributed by atoms with Crippen molar-refractivity contribution in [3.05, 3.63) is 81.9 Å². The fraction of sp³-hybridized carbons (Fsp3) is 0.158. The lowest BCUT2D eigenvalue weighted by molar-refractivity contribution is 0.0651. The normalized spacial score (nSPS) is 12.0. The fourth-order valence-electron chi connectivity index (χ4n) is 2.45. The maximum Gasteiger partial charge on any atom is 0.241 e. The number of Topliss-reactive ketones (excluding diaryl/α,β-unsaturated/α-hetero) is 1. The zero-order valence-corrected chi connectivity index (χ0v) is 15.3. The third-order valence-electron chi connectivity index (χ3n) is 4.01. The van der Waals surface area contributed by atoms with Crippen molar-refractivity contribution < 1.29 is 9.53 Å². The van der Waals surface area contributed by atoms with Crippen molar-refractivity contribution in [1.29, 1.82) is 0 Å². The van der Waals surface area contributed by atoms with E-state index in [1.54, 1.807) is 35.2 Å². The molecule has 2 aromatic carbocycles. The second kappa shape index (κ2) is 7.30. The molecule has 1 atom stereocenters. The Morgan fingerprint density at radius 2 is 2.00 bits per heavy atom. The number of hydrogen-bond donors (Lipinski definition) is 0. The first-order valence-corrected chi connectivity index (χ1v) is 8.42. The first-order chi connectivity index (χ1) is 12.0. The number of aromatic nitrogens is 2. The number of hydrogen-bond acceptors (Lipinski definition) is 3. The minimum absolute atomic E-state index is 0.277. The van der Waals surface area contributed by atoms with Gasteiger partial charge in [0.1, 0.15) is 5.75 Å². The molecule has 0 bridgehead atoms. The number of carbonyl (C=O) groups is 1. The Morgan fingerprint density at radius 3 is 2.68 bits per heavy atom. The SMILES string of the molecule is Cc1cccc(OC(C(=O)c2ccc(Cl)cc2Cl)n2ccnc2)c1C. The minimum Gasteiger partial charge on any atom is -0.462 e. The van der Waals surface area contributed by atoms with Crippen LogP contribution in [-0.2, 0) is 0 Å². The van der Waals surface area contributed by atoms with Gasteiger partial charge in [0, 0.05) is 23.0 Å². The molecule has 0 N–H and O–H groups in total. The highest BCUT2D eigenvalue weighted by Gasteiger charge is 2.26. The topological polar surface area (TPSA) is 44.1 Å². The maximum absolute atomic E-state index is 13.1. The number of rotatable bonds is 5. The van der Waals surface area contributed by atoms with Gasteiger partial charge in [-0.05, 0) is 49.2 Å². The smallest absolute Gasteiger partial charge is 0.241 e. The van der Waals surface area contributed by atoms with Crippen molar-refractivity contribution in [1.82, 2.24) is 9.55 Å². The molecule has 3 rings (SSSR count). The van der Waals surface area contributed by atoms with Crippen LogP contribution < -0.4 is 4.74 Å². The first kappa shape index (κ1) is 17.5. The van der Waals surface area contributed by atoms with Crippen LogP contribution in [-0.4, -0.2) is 15.3 Å². The molecular weight excluding hydrogens is 359 g/mol. The van der Waals surface area contributed by atoms with Crippen LogP contribution in [0.3, 0.4) is 0 Å². The predicted molar refractivity (Wildman–Crippen MR) is 98.6 cm³/mol. The van der Waals surface area contributed by atoms with E-state index in [4.69, 9.17) is 27.9 Å². The van der Waals surface area contributed by atoms with Crippen LogP contribution in [0.5, 0.6) is 5.75 Å². The fourth-order valence-corrected chi connectivity index (χ4v) is 2.95. The quantitative estimate of drug-likeness (QED) is 0.571. The summed E-state index contributed by atoms with van der Waals surface area (Å²) in [5.74, 6) is 0.359. The molecule has 0 aliphatic rings. The Balaban J connectivity index is 2.01. The first-order valence-electron chi connectivity index (χ1n) is 7.67. The molecule has 0 spiro atoms. The summed E-state index contributed by atoms with van der Waals surface area (Å²) in [7, 11) is 0. The summed E-state index contributed by atoms with van der Waals surface area (Å²) < 4.78 is 7.66. The number of halogens is 2. The zero-order valence-electron chi connectivity index (χ0n) is 13.7. The Hall–Kier alpha value is -2.30. The molecule has 0 fully saturated rings. The number of imidazole rings is 1. The van der Waals surface area contributed by atoms with E-state index in [0.29, 0.717) is 16.3 Å². The van der Waals surface area contributed by atoms with Gasteiger partial charge in [-0.2, -0.15) is 0 Å². The van der Waals surface area contributed by atoms with Gasteiger partial charge in [0.15, 0.2) is 0 Å². The van der Waals surface area contributed by atoms with Crippen molar-refractivity contribution in [3.63, 3.8) is 0 Å². The van der Waals surface area contributed by atoms with E-state index in [-0.39, 0.29) is 10.8 Å². The summed E-state index contributed by atoms with van der Waals surface area (Å²) in [5.41, 5.74) is 2.40. The number of benzene rings is 2. The van der Waals surface area contributed by atoms with Crippen LogP contribution in [0, 0.1) is 13.8 Å². The largest absolute Gasteiger partial charge is 0.462 e. The van der Waals surface area contributed by atoms with E-state index in [2.05, 4.69) is 4.98 Å². The summed E-state index contributed by atoms with van der Waals surface area (Å²) in [4.78, 5) is 17.1. The molecule has 3 aromatic rings. The predicted octanol–water partition coefficient (Wildman–Crippen LogP) is 5.27. The standard InChI is InChI=1S/C19H16Cl2N2O2/c1-12-4-3-5-17(13(12)2)25-19(23-9-8-22-11-23)18(24)15-7-6-14(20)10-16(15)21/h3-11,19H,1-2H3. The molecule has 1 heterocycles. The molecule has 1 unspecified atom stereocenters. The Labute approximate surface area is 156 Å². The molecule has 6 heteroatoms. The van der Waals surface area contributed by atoms with Crippen LogP contribution in [0.15, 0.2) is 55.1 Å². The lowest BCUT2D eigenvalue weighted by atomic mass is 10.1. The third-order valence-corrected chi connectivity index (χ3v) is 4.56. The van der Waals surface area contributed by atoms with Gasteiger partial charge in [0.2, 0.25) is 12.0 Å². The molecular formula is C19H16Cl2N2O2. The highest BCUT2D eigenvalue weighted by atomic mass is 35.5. The number of nitrogens with zero attached hydrogens (tertiary/aromatic N) is 2. The van der Waals surface area contributed by atoms with E-state index in [1.807, 2.05) is 32.0 Å². The number of ether oxygens (including phenoxy) is 1. The van der Waals surface area contributed by atoms with Gasteiger partial charge in [0.25, 0.3) is 0 Å². The molecule has 0 aliphatic heterocycles. The Bertz CT molecular complexity index is 908. The third kappa shape index (κ3) is 3.70. The van der Waals surface area contributed by atoms with E-state index < -0.39 is 6.23 Å². The maximum atomic E-state index is 13.1. The average molecular weight is 375 g/mol. The van der Waals surface area contributed by atoms with Crippen molar-refractivity contribution in [2.24, 2.45) is 0 Å². The molecule has 128 valence electrons.